The summed E-state index contributed by atoms with van der Waals surface area (Å²) in [6.45, 7) is 15.7. The Hall–Kier alpha value is -1.58. The van der Waals surface area contributed by atoms with Crippen LogP contribution in [0.5, 0.6) is 0 Å². The van der Waals surface area contributed by atoms with Crippen molar-refractivity contribution in [3.8, 4) is 0 Å². The predicted molar refractivity (Wildman–Crippen MR) is 143 cm³/mol. The van der Waals surface area contributed by atoms with Gasteiger partial charge in [-0.25, -0.2) is 0 Å². The molecule has 3 nitrogen and oxygen atoms in total. The van der Waals surface area contributed by atoms with Crippen LogP contribution in [0.4, 0.5) is 0 Å². The maximum Gasteiger partial charge on any atom is 0.130 e. The van der Waals surface area contributed by atoms with Crippen LogP contribution in [0.2, 0.25) is 0 Å². The van der Waals surface area contributed by atoms with Crippen LogP contribution in [0.3, 0.4) is 0 Å². The van der Waals surface area contributed by atoms with E-state index in [4.69, 9.17) is 9.84 Å². The van der Waals surface area contributed by atoms with Gasteiger partial charge in [-0.1, -0.05) is 39.8 Å². The molecule has 1 fully saturated rings. The molecule has 1 aliphatic carbocycles. The van der Waals surface area contributed by atoms with E-state index in [1.165, 1.54) is 60.1 Å². The van der Waals surface area contributed by atoms with Crippen molar-refractivity contribution in [3.05, 3.63) is 52.3 Å². The van der Waals surface area contributed by atoms with Crippen LogP contribution in [0.15, 0.2) is 35.6 Å². The summed E-state index contributed by atoms with van der Waals surface area (Å²) in [6, 6.07) is 7.13. The minimum absolute atomic E-state index is 0.213. The lowest BCUT2D eigenvalue weighted by molar-refractivity contribution is 0.165. The van der Waals surface area contributed by atoms with Gasteiger partial charge >= 0.3 is 0 Å². The number of rotatable bonds is 7. The molecule has 2 aliphatic heterocycles. The van der Waals surface area contributed by atoms with Gasteiger partial charge in [-0.2, -0.15) is 0 Å². The van der Waals surface area contributed by atoms with E-state index in [0.29, 0.717) is 12.5 Å². The second-order valence-corrected chi connectivity index (χ2v) is 12.3. The molecule has 3 aliphatic rings. The van der Waals surface area contributed by atoms with E-state index in [2.05, 4.69) is 63.8 Å². The van der Waals surface area contributed by atoms with E-state index in [9.17, 15) is 0 Å². The van der Waals surface area contributed by atoms with E-state index in [0.717, 1.165) is 51.1 Å². The Morgan fingerprint density at radius 1 is 0.971 bits per heavy atom. The van der Waals surface area contributed by atoms with Gasteiger partial charge in [0.05, 0.1) is 0 Å². The third kappa shape index (κ3) is 5.62. The molecule has 0 aromatic heterocycles. The van der Waals surface area contributed by atoms with Crippen molar-refractivity contribution in [1.29, 1.82) is 0 Å². The number of unbranched alkanes of at least 4 members (excludes halogenated alkanes) is 2. The van der Waals surface area contributed by atoms with Crippen molar-refractivity contribution in [2.45, 2.75) is 103 Å². The van der Waals surface area contributed by atoms with Crippen molar-refractivity contribution in [2.75, 3.05) is 26.2 Å². The smallest absolute Gasteiger partial charge is 0.130 e. The third-order valence-corrected chi connectivity index (χ3v) is 8.72. The number of ether oxygens (including phenoxy) is 1. The van der Waals surface area contributed by atoms with Gasteiger partial charge in [-0.3, -0.25) is 0 Å². The lowest BCUT2D eigenvalue weighted by Gasteiger charge is -2.42. The zero-order valence-electron chi connectivity index (χ0n) is 22.4. The molecule has 34 heavy (non-hydrogen) atoms. The Kier molecular flexibility index (Phi) is 7.94. The van der Waals surface area contributed by atoms with Crippen molar-refractivity contribution >= 4 is 5.76 Å². The third-order valence-electron chi connectivity index (χ3n) is 8.72. The van der Waals surface area contributed by atoms with Crippen molar-refractivity contribution in [1.82, 2.24) is 4.90 Å². The zero-order valence-corrected chi connectivity index (χ0v) is 22.4. The SMILES string of the molecule is CC1=C(C2CCN(CCCCCO)CC2)OC(c2ccc3c(c2)C(C)(C)CCC3(C)C)=CCC1. The highest BCUT2D eigenvalue weighted by Crippen LogP contribution is 2.47. The average molecular weight is 466 g/mol. The average Bonchev–Trinajstić information content (AvgIpc) is 3.02. The Labute approximate surface area is 208 Å². The maximum absolute atomic E-state index is 9.00. The monoisotopic (exact) mass is 465 g/mol. The molecule has 3 heteroatoms. The van der Waals surface area contributed by atoms with Gasteiger partial charge in [-0.15, -0.1) is 0 Å². The first-order valence-electron chi connectivity index (χ1n) is 13.8. The summed E-state index contributed by atoms with van der Waals surface area (Å²) in [5.74, 6) is 2.85. The molecule has 1 N–H and O–H groups in total. The normalized spacial score (nSPS) is 23.2. The van der Waals surface area contributed by atoms with E-state index in [1.807, 2.05) is 0 Å². The molecular weight excluding hydrogens is 418 g/mol. The second-order valence-electron chi connectivity index (χ2n) is 12.3. The number of likely N-dealkylation sites (tertiary alicyclic amines) is 1. The summed E-state index contributed by atoms with van der Waals surface area (Å²) in [5, 5.41) is 9.00. The van der Waals surface area contributed by atoms with Gasteiger partial charge < -0.3 is 14.7 Å². The topological polar surface area (TPSA) is 32.7 Å². The zero-order chi connectivity index (χ0) is 24.3. The fourth-order valence-electron chi connectivity index (χ4n) is 6.18. The van der Waals surface area contributed by atoms with E-state index >= 15 is 0 Å². The fourth-order valence-corrected chi connectivity index (χ4v) is 6.18. The number of piperidine rings is 1. The first-order chi connectivity index (χ1) is 16.2. The lowest BCUT2D eigenvalue weighted by Crippen LogP contribution is -2.35. The number of fused-ring (bicyclic) bond motifs is 1. The number of aliphatic hydroxyl groups excluding tert-OH is 1. The molecule has 0 spiro atoms. The Morgan fingerprint density at radius 3 is 2.38 bits per heavy atom. The molecule has 0 bridgehead atoms. The highest BCUT2D eigenvalue weighted by Gasteiger charge is 2.37. The van der Waals surface area contributed by atoms with Crippen LogP contribution >= 0.6 is 0 Å². The van der Waals surface area contributed by atoms with Crippen molar-refractivity contribution in [3.63, 3.8) is 0 Å². The molecule has 0 amide bonds. The molecule has 1 aromatic carbocycles. The van der Waals surface area contributed by atoms with E-state index in [1.54, 1.807) is 0 Å². The number of aliphatic hydroxyl groups is 1. The molecule has 0 radical (unpaired) electrons. The molecule has 0 saturated carbocycles. The van der Waals surface area contributed by atoms with Crippen molar-refractivity contribution in [2.24, 2.45) is 5.92 Å². The summed E-state index contributed by atoms with van der Waals surface area (Å²) >= 11 is 0. The minimum Gasteiger partial charge on any atom is -0.461 e. The highest BCUT2D eigenvalue weighted by atomic mass is 16.5. The largest absolute Gasteiger partial charge is 0.461 e. The van der Waals surface area contributed by atoms with Gasteiger partial charge in [0.1, 0.15) is 11.5 Å². The summed E-state index contributed by atoms with van der Waals surface area (Å²) in [4.78, 5) is 2.60. The molecular formula is C31H47NO2. The lowest BCUT2D eigenvalue weighted by atomic mass is 9.63. The van der Waals surface area contributed by atoms with Crippen LogP contribution in [-0.2, 0) is 15.6 Å². The quantitative estimate of drug-likeness (QED) is 0.428. The number of hydrogen-bond donors (Lipinski definition) is 1. The Bertz CT molecular complexity index is 915. The van der Waals surface area contributed by atoms with Gasteiger partial charge in [0.15, 0.2) is 0 Å². The fraction of sp³-hybridized carbons (Fsp3) is 0.677. The number of nitrogens with zero attached hydrogens (tertiary/aromatic N) is 1. The molecule has 0 unspecified atom stereocenters. The van der Waals surface area contributed by atoms with Crippen LogP contribution < -0.4 is 0 Å². The Balaban J connectivity index is 1.47. The first kappa shape index (κ1) is 25.5. The van der Waals surface area contributed by atoms with Crippen molar-refractivity contribution < 1.29 is 9.84 Å². The van der Waals surface area contributed by atoms with Crippen LogP contribution in [0.1, 0.15) is 109 Å². The van der Waals surface area contributed by atoms with Gasteiger partial charge in [-0.05, 0) is 124 Å². The van der Waals surface area contributed by atoms with Crippen LogP contribution in [0.25, 0.3) is 5.76 Å². The summed E-state index contributed by atoms with van der Waals surface area (Å²) in [7, 11) is 0. The summed E-state index contributed by atoms with van der Waals surface area (Å²) in [6.07, 6.45) is 12.6. The molecule has 1 saturated heterocycles. The highest BCUT2D eigenvalue weighted by molar-refractivity contribution is 5.64. The first-order valence-corrected chi connectivity index (χ1v) is 13.8. The molecule has 4 rings (SSSR count). The van der Waals surface area contributed by atoms with Crippen LogP contribution in [0, 0.1) is 5.92 Å². The van der Waals surface area contributed by atoms with Gasteiger partial charge in [0.2, 0.25) is 0 Å². The molecule has 1 aromatic rings. The molecule has 188 valence electrons. The summed E-state index contributed by atoms with van der Waals surface area (Å²) < 4.78 is 6.80. The minimum atomic E-state index is 0.213. The second kappa shape index (κ2) is 10.6. The molecule has 0 atom stereocenters. The van der Waals surface area contributed by atoms with Gasteiger partial charge in [0, 0.05) is 18.1 Å². The standard InChI is InChI=1S/C31H47NO2/c1-23-10-9-11-28(25-12-13-26-27(22-25)31(4,5)17-16-30(26,2)3)34-29(23)24-14-19-32(20-15-24)18-7-6-8-21-33/h11-13,22,24,33H,6-10,14-21H2,1-5H3. The number of hydrogen-bond acceptors (Lipinski definition) is 3. The Morgan fingerprint density at radius 2 is 1.68 bits per heavy atom. The van der Waals surface area contributed by atoms with Crippen LogP contribution in [-0.4, -0.2) is 36.2 Å². The molecule has 2 heterocycles. The van der Waals surface area contributed by atoms with Gasteiger partial charge in [0.25, 0.3) is 0 Å². The van der Waals surface area contributed by atoms with E-state index in [-0.39, 0.29) is 10.8 Å². The maximum atomic E-state index is 9.00. The number of benzene rings is 1. The van der Waals surface area contributed by atoms with E-state index < -0.39 is 0 Å². The summed E-state index contributed by atoms with van der Waals surface area (Å²) in [5.41, 5.74) is 6.16. The predicted octanol–water partition coefficient (Wildman–Crippen LogP) is 7.34. The number of allylic oxidation sites excluding steroid dienone is 3.